The first-order chi connectivity index (χ1) is 14.0. The van der Waals surface area contributed by atoms with E-state index in [1.165, 1.54) is 56.2 Å². The van der Waals surface area contributed by atoms with Gasteiger partial charge in [-0.2, -0.15) is 0 Å². The molecule has 0 bridgehead atoms. The lowest BCUT2D eigenvalue weighted by Crippen LogP contribution is -2.49. The highest BCUT2D eigenvalue weighted by molar-refractivity contribution is 5.80. The molecule has 2 nitrogen and oxygen atoms in total. The van der Waals surface area contributed by atoms with Gasteiger partial charge in [0, 0.05) is 11.1 Å². The maximum absolute atomic E-state index is 4.70. The van der Waals surface area contributed by atoms with Gasteiger partial charge in [-0.05, 0) is 86.2 Å². The summed E-state index contributed by atoms with van der Waals surface area (Å²) in [6.07, 6.45) is 16.8. The molecule has 0 aliphatic heterocycles. The molecule has 4 aliphatic carbocycles. The Kier molecular flexibility index (Phi) is 3.78. The molecule has 0 radical (unpaired) electrons. The first kappa shape index (κ1) is 18.0. The maximum atomic E-state index is 4.70. The number of hydrogen-bond donors (Lipinski definition) is 0. The number of hydrogen-bond acceptors (Lipinski definition) is 1. The topological polar surface area (TPSA) is 17.8 Å². The maximum Gasteiger partial charge on any atom is 0.100 e. The van der Waals surface area contributed by atoms with Gasteiger partial charge < -0.3 is 4.57 Å². The van der Waals surface area contributed by atoms with Crippen LogP contribution >= 0.6 is 0 Å². The quantitative estimate of drug-likeness (QED) is 0.479. The van der Waals surface area contributed by atoms with Crippen molar-refractivity contribution in [2.24, 2.45) is 34.5 Å². The zero-order valence-electron chi connectivity index (χ0n) is 18.2. The molecule has 2 heteroatoms. The Morgan fingerprint density at radius 3 is 2.69 bits per heavy atom. The van der Waals surface area contributed by atoms with Crippen molar-refractivity contribution < 1.29 is 0 Å². The smallest absolute Gasteiger partial charge is 0.100 e. The van der Waals surface area contributed by atoms with Gasteiger partial charge in [-0.15, -0.1) is 0 Å². The highest BCUT2D eigenvalue weighted by Crippen LogP contribution is 2.66. The Morgan fingerprint density at radius 1 is 0.966 bits per heavy atom. The molecule has 3 unspecified atom stereocenters. The van der Waals surface area contributed by atoms with E-state index in [0.717, 1.165) is 29.2 Å². The van der Waals surface area contributed by atoms with Gasteiger partial charge in [-0.3, -0.25) is 0 Å². The number of aromatic nitrogens is 2. The van der Waals surface area contributed by atoms with Gasteiger partial charge >= 0.3 is 0 Å². The van der Waals surface area contributed by atoms with Gasteiger partial charge in [-0.25, -0.2) is 4.98 Å². The molecular weight excluding hydrogens is 352 g/mol. The molecule has 6 atom stereocenters. The molecule has 0 N–H and O–H groups in total. The highest BCUT2D eigenvalue weighted by Gasteiger charge is 2.56. The van der Waals surface area contributed by atoms with Gasteiger partial charge in [0.2, 0.25) is 0 Å². The van der Waals surface area contributed by atoms with Gasteiger partial charge in [0.05, 0.1) is 11.0 Å². The van der Waals surface area contributed by atoms with Crippen LogP contribution in [-0.4, -0.2) is 9.55 Å². The molecule has 1 aromatic carbocycles. The van der Waals surface area contributed by atoms with Crippen LogP contribution in [0.2, 0.25) is 0 Å². The van der Waals surface area contributed by atoms with Crippen LogP contribution in [0.5, 0.6) is 0 Å². The number of nitrogens with zero attached hydrogens (tertiary/aromatic N) is 2. The molecule has 2 saturated carbocycles. The van der Waals surface area contributed by atoms with E-state index in [2.05, 4.69) is 68.1 Å². The van der Waals surface area contributed by atoms with Crippen molar-refractivity contribution in [2.75, 3.05) is 0 Å². The molecule has 1 heterocycles. The second-order valence-electron chi connectivity index (χ2n) is 11.0. The summed E-state index contributed by atoms with van der Waals surface area (Å²) in [4.78, 5) is 4.70. The predicted molar refractivity (Wildman–Crippen MR) is 120 cm³/mol. The summed E-state index contributed by atoms with van der Waals surface area (Å²) in [6, 6.07) is 8.60. The van der Waals surface area contributed by atoms with Crippen molar-refractivity contribution >= 4 is 16.7 Å². The van der Waals surface area contributed by atoms with Crippen molar-refractivity contribution in [2.45, 2.75) is 65.7 Å². The van der Waals surface area contributed by atoms with Crippen LogP contribution in [0.15, 0.2) is 48.3 Å². The highest BCUT2D eigenvalue weighted by atomic mass is 15.1. The minimum atomic E-state index is 0.286. The molecule has 2 aromatic rings. The van der Waals surface area contributed by atoms with Crippen LogP contribution in [-0.2, 0) is 0 Å². The lowest BCUT2D eigenvalue weighted by atomic mass is 9.47. The first-order valence-corrected chi connectivity index (χ1v) is 11.8. The molecule has 0 saturated heterocycles. The number of rotatable bonds is 1. The Bertz CT molecular complexity index is 1030. The van der Waals surface area contributed by atoms with Crippen molar-refractivity contribution in [1.29, 1.82) is 0 Å². The van der Waals surface area contributed by atoms with E-state index >= 15 is 0 Å². The van der Waals surface area contributed by atoms with E-state index in [1.54, 1.807) is 0 Å². The standard InChI is InChI=1S/C27H34N2/c1-18-12-14-26(2)19(16-18)8-9-20-21-10-11-25(27(21,3)15-13-22(20)26)29-17-28-23-6-4-5-7-24(23)29/h4-8,11,17-18,20-22H,9-10,12-16H2,1-3H3/t18-,20?,21?,22?,26-,27-/m0/s1. The number of para-hydroxylation sites is 2. The number of allylic oxidation sites excluding steroid dienone is 4. The van der Waals surface area contributed by atoms with Crippen LogP contribution < -0.4 is 0 Å². The molecular formula is C27H34N2. The summed E-state index contributed by atoms with van der Waals surface area (Å²) in [5, 5.41) is 0. The third-order valence-corrected chi connectivity index (χ3v) is 9.60. The lowest BCUT2D eigenvalue weighted by Gasteiger charge is -2.57. The molecule has 2 fully saturated rings. The molecule has 0 spiro atoms. The lowest BCUT2D eigenvalue weighted by molar-refractivity contribution is -0.0150. The monoisotopic (exact) mass is 386 g/mol. The second-order valence-corrected chi connectivity index (χ2v) is 11.0. The van der Waals surface area contributed by atoms with E-state index in [9.17, 15) is 0 Å². The van der Waals surface area contributed by atoms with E-state index in [0.29, 0.717) is 5.41 Å². The van der Waals surface area contributed by atoms with E-state index < -0.39 is 0 Å². The zero-order chi connectivity index (χ0) is 19.8. The fourth-order valence-electron chi connectivity index (χ4n) is 7.91. The molecule has 29 heavy (non-hydrogen) atoms. The van der Waals surface area contributed by atoms with Crippen LogP contribution in [0.4, 0.5) is 0 Å². The van der Waals surface area contributed by atoms with Crippen LogP contribution in [0.1, 0.15) is 65.7 Å². The summed E-state index contributed by atoms with van der Waals surface area (Å²) < 4.78 is 2.41. The minimum absolute atomic E-state index is 0.286. The normalized spacial score (nSPS) is 41.3. The van der Waals surface area contributed by atoms with E-state index in [1.807, 2.05) is 5.57 Å². The molecule has 1 aromatic heterocycles. The fraction of sp³-hybridized carbons (Fsp3) is 0.593. The van der Waals surface area contributed by atoms with Gasteiger partial charge in [0.15, 0.2) is 0 Å². The van der Waals surface area contributed by atoms with Gasteiger partial charge in [0.1, 0.15) is 6.33 Å². The number of fused-ring (bicyclic) bond motifs is 6. The molecule has 6 rings (SSSR count). The zero-order valence-corrected chi connectivity index (χ0v) is 18.2. The summed E-state index contributed by atoms with van der Waals surface area (Å²) >= 11 is 0. The Balaban J connectivity index is 1.36. The Hall–Kier alpha value is -1.83. The summed E-state index contributed by atoms with van der Waals surface area (Å²) in [5.74, 6) is 3.40. The number of imidazole rings is 1. The largest absolute Gasteiger partial charge is 0.302 e. The van der Waals surface area contributed by atoms with Crippen molar-refractivity contribution in [3.63, 3.8) is 0 Å². The first-order valence-electron chi connectivity index (χ1n) is 11.8. The predicted octanol–water partition coefficient (Wildman–Crippen LogP) is 7.09. The van der Waals surface area contributed by atoms with Crippen molar-refractivity contribution in [3.8, 4) is 0 Å². The minimum Gasteiger partial charge on any atom is -0.302 e. The van der Waals surface area contributed by atoms with Gasteiger partial charge in [-0.1, -0.05) is 50.6 Å². The molecule has 4 aliphatic rings. The molecule has 152 valence electrons. The fourth-order valence-corrected chi connectivity index (χ4v) is 7.91. The van der Waals surface area contributed by atoms with Crippen LogP contribution in [0.3, 0.4) is 0 Å². The van der Waals surface area contributed by atoms with Crippen molar-refractivity contribution in [3.05, 3.63) is 48.3 Å². The third kappa shape index (κ3) is 2.38. The average molecular weight is 387 g/mol. The molecule has 0 amide bonds. The Labute approximate surface area is 175 Å². The summed E-state index contributed by atoms with van der Waals surface area (Å²) in [6.45, 7) is 7.63. The second kappa shape index (κ2) is 6.09. The summed E-state index contributed by atoms with van der Waals surface area (Å²) in [5.41, 5.74) is 6.47. The average Bonchev–Trinajstić information content (AvgIpc) is 3.29. The van der Waals surface area contributed by atoms with Crippen LogP contribution in [0.25, 0.3) is 16.7 Å². The Morgan fingerprint density at radius 2 is 1.79 bits per heavy atom. The third-order valence-electron chi connectivity index (χ3n) is 9.60. The van der Waals surface area contributed by atoms with Crippen molar-refractivity contribution in [1.82, 2.24) is 9.55 Å². The van der Waals surface area contributed by atoms with E-state index in [4.69, 9.17) is 4.98 Å². The number of benzene rings is 1. The SMILES string of the molecule is C[C@H]1CC[C@@]2(C)C(=CCC3C2CC[C@]2(C)C(n4cnc5ccccc54)=CCC32)C1. The van der Waals surface area contributed by atoms with Gasteiger partial charge in [0.25, 0.3) is 0 Å². The summed E-state index contributed by atoms with van der Waals surface area (Å²) in [7, 11) is 0. The van der Waals surface area contributed by atoms with E-state index in [-0.39, 0.29) is 5.41 Å². The van der Waals surface area contributed by atoms with Crippen LogP contribution in [0, 0.1) is 34.5 Å².